The Morgan fingerprint density at radius 1 is 0.739 bits per heavy atom. The molecule has 3 rings (SSSR count). The van der Waals surface area contributed by atoms with E-state index in [9.17, 15) is 5.11 Å². The number of benzene rings is 1. The van der Waals surface area contributed by atoms with Gasteiger partial charge >= 0.3 is 0 Å². The Hall–Kier alpha value is -0.940. The first-order valence-corrected chi connectivity index (χ1v) is 8.86. The van der Waals surface area contributed by atoms with E-state index in [1.54, 1.807) is 0 Å². The molecule has 0 heterocycles. The van der Waals surface area contributed by atoms with Crippen LogP contribution in [-0.2, 0) is 11.3 Å². The number of hydrogen-bond donors (Lipinski definition) is 3. The summed E-state index contributed by atoms with van der Waals surface area (Å²) >= 11 is 0. The van der Waals surface area contributed by atoms with E-state index in [2.05, 4.69) is 12.1 Å². The van der Waals surface area contributed by atoms with Crippen molar-refractivity contribution in [3.05, 3.63) is 35.9 Å². The summed E-state index contributed by atoms with van der Waals surface area (Å²) in [5.74, 6) is 0. The van der Waals surface area contributed by atoms with Crippen molar-refractivity contribution in [1.29, 1.82) is 0 Å². The monoisotopic (exact) mass is 322 g/mol. The molecule has 4 heteroatoms. The zero-order valence-electron chi connectivity index (χ0n) is 13.8. The highest BCUT2D eigenvalue weighted by Crippen LogP contribution is 2.22. The van der Waals surface area contributed by atoms with E-state index in [4.69, 9.17) is 14.9 Å². The van der Waals surface area contributed by atoms with Crippen molar-refractivity contribution in [2.24, 2.45) is 0 Å². The lowest BCUT2D eigenvalue weighted by molar-refractivity contribution is -0.0661. The standard InChI is InChI=1S/C13H18O2.C6H12O2/c14-12-8-4-5-9-13(12)15-10-11-6-2-1-3-7-11;7-5-3-1-2-4-6(5)8/h1-3,6-7,12-14H,4-5,8-10H2;5-8H,1-4H2/t12-,13+;5-,6+/m0./s1. The van der Waals surface area contributed by atoms with E-state index in [1.807, 2.05) is 18.2 Å². The first-order chi connectivity index (χ1) is 11.2. The van der Waals surface area contributed by atoms with Crippen LogP contribution in [0.4, 0.5) is 0 Å². The summed E-state index contributed by atoms with van der Waals surface area (Å²) in [4.78, 5) is 0. The lowest BCUT2D eigenvalue weighted by atomic mass is 9.95. The first kappa shape index (κ1) is 18.4. The van der Waals surface area contributed by atoms with Crippen LogP contribution in [0.3, 0.4) is 0 Å². The lowest BCUT2D eigenvalue weighted by Crippen LogP contribution is -2.32. The van der Waals surface area contributed by atoms with Gasteiger partial charge in [-0.1, -0.05) is 56.0 Å². The lowest BCUT2D eigenvalue weighted by Gasteiger charge is -2.27. The third kappa shape index (κ3) is 6.60. The van der Waals surface area contributed by atoms with Crippen molar-refractivity contribution in [3.8, 4) is 0 Å². The molecule has 2 aliphatic carbocycles. The van der Waals surface area contributed by atoms with E-state index in [0.29, 0.717) is 6.61 Å². The maximum Gasteiger partial charge on any atom is 0.0838 e. The van der Waals surface area contributed by atoms with Crippen LogP contribution in [0.25, 0.3) is 0 Å². The van der Waals surface area contributed by atoms with Crippen molar-refractivity contribution < 1.29 is 20.1 Å². The highest BCUT2D eigenvalue weighted by atomic mass is 16.5. The largest absolute Gasteiger partial charge is 0.390 e. The molecule has 0 amide bonds. The molecule has 0 saturated heterocycles. The van der Waals surface area contributed by atoms with Gasteiger partial charge in [-0.25, -0.2) is 0 Å². The van der Waals surface area contributed by atoms with Crippen LogP contribution in [0.5, 0.6) is 0 Å². The fourth-order valence-corrected chi connectivity index (χ4v) is 3.14. The van der Waals surface area contributed by atoms with E-state index in [1.165, 1.54) is 12.0 Å². The maximum absolute atomic E-state index is 9.72. The van der Waals surface area contributed by atoms with Crippen LogP contribution >= 0.6 is 0 Å². The molecule has 0 aliphatic heterocycles. The van der Waals surface area contributed by atoms with Crippen molar-refractivity contribution >= 4 is 0 Å². The molecular formula is C19H30O4. The van der Waals surface area contributed by atoms with Gasteiger partial charge in [0.25, 0.3) is 0 Å². The second-order valence-electron chi connectivity index (χ2n) is 6.61. The van der Waals surface area contributed by atoms with Gasteiger partial charge in [0.15, 0.2) is 0 Å². The van der Waals surface area contributed by atoms with E-state index in [-0.39, 0.29) is 12.2 Å². The fourth-order valence-electron chi connectivity index (χ4n) is 3.14. The molecule has 2 fully saturated rings. The maximum atomic E-state index is 9.72. The molecule has 0 radical (unpaired) electrons. The molecule has 1 aromatic carbocycles. The first-order valence-electron chi connectivity index (χ1n) is 8.86. The zero-order valence-corrected chi connectivity index (χ0v) is 13.8. The van der Waals surface area contributed by atoms with Crippen LogP contribution < -0.4 is 0 Å². The predicted octanol–water partition coefficient (Wildman–Crippen LogP) is 2.79. The molecule has 23 heavy (non-hydrogen) atoms. The highest BCUT2D eigenvalue weighted by molar-refractivity contribution is 5.13. The van der Waals surface area contributed by atoms with Gasteiger partial charge in [-0.05, 0) is 31.2 Å². The molecule has 2 aliphatic rings. The number of ether oxygens (including phenoxy) is 1. The minimum Gasteiger partial charge on any atom is -0.390 e. The summed E-state index contributed by atoms with van der Waals surface area (Å²) in [5, 5.41) is 27.6. The predicted molar refractivity (Wildman–Crippen MR) is 90.0 cm³/mol. The van der Waals surface area contributed by atoms with Gasteiger partial charge in [0.05, 0.1) is 31.0 Å². The van der Waals surface area contributed by atoms with Gasteiger partial charge < -0.3 is 20.1 Å². The Morgan fingerprint density at radius 3 is 1.78 bits per heavy atom. The van der Waals surface area contributed by atoms with Gasteiger partial charge in [-0.15, -0.1) is 0 Å². The van der Waals surface area contributed by atoms with E-state index in [0.717, 1.165) is 44.9 Å². The van der Waals surface area contributed by atoms with E-state index >= 15 is 0 Å². The number of rotatable bonds is 3. The number of aliphatic hydroxyl groups excluding tert-OH is 3. The summed E-state index contributed by atoms with van der Waals surface area (Å²) in [6.07, 6.45) is 6.78. The van der Waals surface area contributed by atoms with Crippen LogP contribution in [0, 0.1) is 0 Å². The Bertz CT molecular complexity index is 413. The molecule has 0 unspecified atom stereocenters. The van der Waals surface area contributed by atoms with E-state index < -0.39 is 12.2 Å². The minimum absolute atomic E-state index is 0.0407. The van der Waals surface area contributed by atoms with Gasteiger partial charge in [0, 0.05) is 0 Å². The van der Waals surface area contributed by atoms with Gasteiger partial charge in [0.2, 0.25) is 0 Å². The van der Waals surface area contributed by atoms with Crippen molar-refractivity contribution in [3.63, 3.8) is 0 Å². The Kier molecular flexibility index (Phi) is 8.03. The molecule has 2 saturated carbocycles. The summed E-state index contributed by atoms with van der Waals surface area (Å²) < 4.78 is 5.73. The van der Waals surface area contributed by atoms with Gasteiger partial charge in [-0.2, -0.15) is 0 Å². The fraction of sp³-hybridized carbons (Fsp3) is 0.684. The summed E-state index contributed by atoms with van der Waals surface area (Å²) in [5.41, 5.74) is 1.18. The van der Waals surface area contributed by atoms with Crippen LogP contribution in [-0.4, -0.2) is 39.7 Å². The normalized spacial score (nSPS) is 31.1. The third-order valence-electron chi connectivity index (χ3n) is 4.67. The molecule has 0 aromatic heterocycles. The zero-order chi connectivity index (χ0) is 16.5. The average molecular weight is 322 g/mol. The Labute approximate surface area is 139 Å². The molecule has 4 atom stereocenters. The molecule has 3 N–H and O–H groups in total. The Balaban J connectivity index is 0.000000203. The Morgan fingerprint density at radius 2 is 1.26 bits per heavy atom. The minimum atomic E-state index is -0.441. The SMILES string of the molecule is O[C@@H]1CCCC[C@@H]1O.O[C@H]1CCCC[C@H]1OCc1ccccc1. The smallest absolute Gasteiger partial charge is 0.0838 e. The number of hydrogen-bond acceptors (Lipinski definition) is 4. The van der Waals surface area contributed by atoms with Crippen molar-refractivity contribution in [2.75, 3.05) is 0 Å². The molecular weight excluding hydrogens is 292 g/mol. The average Bonchev–Trinajstić information content (AvgIpc) is 2.58. The summed E-state index contributed by atoms with van der Waals surface area (Å²) in [6, 6.07) is 10.1. The second kappa shape index (κ2) is 10.0. The second-order valence-corrected chi connectivity index (χ2v) is 6.61. The number of aliphatic hydroxyl groups is 3. The molecule has 130 valence electrons. The summed E-state index contributed by atoms with van der Waals surface area (Å²) in [6.45, 7) is 0.614. The van der Waals surface area contributed by atoms with Crippen LogP contribution in [0.2, 0.25) is 0 Å². The molecule has 0 spiro atoms. The van der Waals surface area contributed by atoms with Gasteiger partial charge in [0.1, 0.15) is 0 Å². The topological polar surface area (TPSA) is 69.9 Å². The summed E-state index contributed by atoms with van der Waals surface area (Å²) in [7, 11) is 0. The quantitative estimate of drug-likeness (QED) is 0.800. The molecule has 0 bridgehead atoms. The molecule has 4 nitrogen and oxygen atoms in total. The third-order valence-corrected chi connectivity index (χ3v) is 4.67. The highest BCUT2D eigenvalue weighted by Gasteiger charge is 2.23. The van der Waals surface area contributed by atoms with Crippen molar-refractivity contribution in [2.45, 2.75) is 82.4 Å². The van der Waals surface area contributed by atoms with Crippen LogP contribution in [0.15, 0.2) is 30.3 Å². The van der Waals surface area contributed by atoms with Gasteiger partial charge in [-0.3, -0.25) is 0 Å². The molecule has 1 aromatic rings. The van der Waals surface area contributed by atoms with Crippen LogP contribution in [0.1, 0.15) is 56.9 Å². The van der Waals surface area contributed by atoms with Crippen molar-refractivity contribution in [1.82, 2.24) is 0 Å².